The Labute approximate surface area is 112 Å². The number of nitrogen functional groups attached to an aromatic ring is 1. The summed E-state index contributed by atoms with van der Waals surface area (Å²) in [5.41, 5.74) is 6.80. The molecule has 0 aromatic carbocycles. The minimum atomic E-state index is 0.345. The van der Waals surface area contributed by atoms with E-state index in [1.807, 2.05) is 30.1 Å². The number of aromatic nitrogens is 3. The first-order valence-corrected chi connectivity index (χ1v) is 5.98. The van der Waals surface area contributed by atoms with Crippen molar-refractivity contribution in [1.29, 1.82) is 0 Å². The van der Waals surface area contributed by atoms with Crippen LogP contribution < -0.4 is 15.4 Å². The molecule has 2 aromatic rings. The first-order valence-electron chi connectivity index (χ1n) is 5.98. The highest BCUT2D eigenvalue weighted by atomic mass is 16.5. The lowest BCUT2D eigenvalue weighted by atomic mass is 10.2. The summed E-state index contributed by atoms with van der Waals surface area (Å²) in [6, 6.07) is 5.88. The van der Waals surface area contributed by atoms with E-state index in [0.29, 0.717) is 17.4 Å². The largest absolute Gasteiger partial charge is 0.490 e. The molecule has 100 valence electrons. The maximum Gasteiger partial charge on any atom is 0.204 e. The molecule has 0 bridgehead atoms. The van der Waals surface area contributed by atoms with Gasteiger partial charge in [0.25, 0.3) is 0 Å². The van der Waals surface area contributed by atoms with Crippen LogP contribution in [0.1, 0.15) is 5.69 Å². The van der Waals surface area contributed by atoms with Gasteiger partial charge < -0.3 is 15.4 Å². The quantitative estimate of drug-likeness (QED) is 0.867. The minimum Gasteiger partial charge on any atom is -0.490 e. The Bertz CT molecular complexity index is 532. The standard InChI is InChI=1S/C13H17N5O/c1-18(8-6-10-5-3-4-7-15-10)13-11(19-2)12(14)16-9-17-13/h3-5,7,9H,6,8H2,1-2H3,(H2,14,16,17). The van der Waals surface area contributed by atoms with Gasteiger partial charge in [-0.3, -0.25) is 4.98 Å². The molecule has 0 spiro atoms. The van der Waals surface area contributed by atoms with Crippen molar-refractivity contribution in [3.63, 3.8) is 0 Å². The molecule has 6 heteroatoms. The maximum absolute atomic E-state index is 5.76. The second kappa shape index (κ2) is 5.99. The normalized spacial score (nSPS) is 10.2. The molecule has 2 rings (SSSR count). The summed E-state index contributed by atoms with van der Waals surface area (Å²) in [4.78, 5) is 14.4. The fourth-order valence-electron chi connectivity index (χ4n) is 1.78. The number of anilines is 2. The van der Waals surface area contributed by atoms with Crippen LogP contribution in [0.25, 0.3) is 0 Å². The van der Waals surface area contributed by atoms with Crippen molar-refractivity contribution >= 4 is 11.6 Å². The Morgan fingerprint density at radius 1 is 1.26 bits per heavy atom. The van der Waals surface area contributed by atoms with E-state index in [0.717, 1.165) is 18.7 Å². The van der Waals surface area contributed by atoms with Crippen LogP contribution in [0.3, 0.4) is 0 Å². The van der Waals surface area contributed by atoms with Crippen molar-refractivity contribution in [2.24, 2.45) is 0 Å². The lowest BCUT2D eigenvalue weighted by Crippen LogP contribution is -2.23. The van der Waals surface area contributed by atoms with Crippen LogP contribution in [0.5, 0.6) is 5.75 Å². The van der Waals surface area contributed by atoms with Gasteiger partial charge in [0, 0.05) is 31.9 Å². The summed E-state index contributed by atoms with van der Waals surface area (Å²) < 4.78 is 5.24. The van der Waals surface area contributed by atoms with E-state index in [1.165, 1.54) is 6.33 Å². The zero-order valence-corrected chi connectivity index (χ0v) is 11.1. The van der Waals surface area contributed by atoms with E-state index < -0.39 is 0 Å². The molecule has 0 radical (unpaired) electrons. The predicted molar refractivity (Wildman–Crippen MR) is 74.2 cm³/mol. The van der Waals surface area contributed by atoms with Gasteiger partial charge in [0.1, 0.15) is 6.33 Å². The number of methoxy groups -OCH3 is 1. The van der Waals surface area contributed by atoms with Crippen LogP contribution in [-0.4, -0.2) is 35.7 Å². The number of likely N-dealkylation sites (N-methyl/N-ethyl adjacent to an activating group) is 1. The summed E-state index contributed by atoms with van der Waals surface area (Å²) in [5, 5.41) is 0. The third-order valence-corrected chi connectivity index (χ3v) is 2.81. The topological polar surface area (TPSA) is 77.2 Å². The Morgan fingerprint density at radius 2 is 2.11 bits per heavy atom. The van der Waals surface area contributed by atoms with E-state index in [9.17, 15) is 0 Å². The Kier molecular flexibility index (Phi) is 4.12. The summed E-state index contributed by atoms with van der Waals surface area (Å²) in [5.74, 6) is 1.54. The second-order valence-electron chi connectivity index (χ2n) is 4.11. The average molecular weight is 259 g/mol. The number of hydrogen-bond donors (Lipinski definition) is 1. The molecule has 0 unspecified atom stereocenters. The van der Waals surface area contributed by atoms with Gasteiger partial charge >= 0.3 is 0 Å². The molecule has 19 heavy (non-hydrogen) atoms. The van der Waals surface area contributed by atoms with Gasteiger partial charge in [-0.05, 0) is 12.1 Å². The van der Waals surface area contributed by atoms with E-state index in [-0.39, 0.29) is 0 Å². The van der Waals surface area contributed by atoms with Crippen molar-refractivity contribution in [2.45, 2.75) is 6.42 Å². The van der Waals surface area contributed by atoms with E-state index in [1.54, 1.807) is 13.3 Å². The van der Waals surface area contributed by atoms with Crippen LogP contribution in [0.4, 0.5) is 11.6 Å². The Balaban J connectivity index is 2.08. The minimum absolute atomic E-state index is 0.345. The highest BCUT2D eigenvalue weighted by molar-refractivity contribution is 5.62. The molecule has 0 aliphatic rings. The Hall–Kier alpha value is -2.37. The third-order valence-electron chi connectivity index (χ3n) is 2.81. The number of nitrogens with zero attached hydrogens (tertiary/aromatic N) is 4. The van der Waals surface area contributed by atoms with E-state index in [4.69, 9.17) is 10.5 Å². The van der Waals surface area contributed by atoms with E-state index in [2.05, 4.69) is 15.0 Å². The van der Waals surface area contributed by atoms with Crippen molar-refractivity contribution in [3.05, 3.63) is 36.4 Å². The summed E-state index contributed by atoms with van der Waals surface area (Å²) >= 11 is 0. The van der Waals surface area contributed by atoms with Crippen LogP contribution in [-0.2, 0) is 6.42 Å². The van der Waals surface area contributed by atoms with E-state index >= 15 is 0 Å². The molecule has 0 saturated carbocycles. The predicted octanol–water partition coefficient (Wildman–Crippen LogP) is 1.14. The van der Waals surface area contributed by atoms with Gasteiger partial charge in [-0.15, -0.1) is 0 Å². The van der Waals surface area contributed by atoms with Gasteiger partial charge in [-0.25, -0.2) is 9.97 Å². The van der Waals surface area contributed by atoms with Crippen molar-refractivity contribution in [2.75, 3.05) is 31.3 Å². The molecule has 0 atom stereocenters. The fraction of sp³-hybridized carbons (Fsp3) is 0.308. The lowest BCUT2D eigenvalue weighted by Gasteiger charge is -2.20. The van der Waals surface area contributed by atoms with Crippen molar-refractivity contribution in [3.8, 4) is 5.75 Å². The van der Waals surface area contributed by atoms with Crippen LogP contribution in [0.15, 0.2) is 30.7 Å². The molecule has 0 amide bonds. The number of ether oxygens (including phenoxy) is 1. The highest BCUT2D eigenvalue weighted by Crippen LogP contribution is 2.28. The summed E-state index contributed by atoms with van der Waals surface area (Å²) in [6.45, 7) is 0.768. The summed E-state index contributed by atoms with van der Waals surface area (Å²) in [6.07, 6.45) is 4.05. The fourth-order valence-corrected chi connectivity index (χ4v) is 1.78. The molecule has 2 aromatic heterocycles. The highest BCUT2D eigenvalue weighted by Gasteiger charge is 2.13. The van der Waals surface area contributed by atoms with Crippen LogP contribution >= 0.6 is 0 Å². The molecule has 0 aliphatic heterocycles. The Morgan fingerprint density at radius 3 is 2.79 bits per heavy atom. The van der Waals surface area contributed by atoms with Gasteiger partial charge in [0.05, 0.1) is 7.11 Å². The van der Waals surface area contributed by atoms with Gasteiger partial charge in [-0.2, -0.15) is 0 Å². The zero-order valence-electron chi connectivity index (χ0n) is 11.1. The summed E-state index contributed by atoms with van der Waals surface area (Å²) in [7, 11) is 3.50. The molecule has 6 nitrogen and oxygen atoms in total. The zero-order chi connectivity index (χ0) is 13.7. The smallest absolute Gasteiger partial charge is 0.204 e. The molecule has 0 saturated heterocycles. The average Bonchev–Trinajstić information content (AvgIpc) is 2.45. The van der Waals surface area contributed by atoms with Gasteiger partial charge in [-0.1, -0.05) is 6.07 Å². The number of rotatable bonds is 5. The number of nitrogens with two attached hydrogens (primary N) is 1. The first kappa shape index (κ1) is 13.1. The van der Waals surface area contributed by atoms with Crippen LogP contribution in [0, 0.1) is 0 Å². The second-order valence-corrected chi connectivity index (χ2v) is 4.11. The lowest BCUT2D eigenvalue weighted by molar-refractivity contribution is 0.413. The number of pyridine rings is 1. The van der Waals surface area contributed by atoms with Gasteiger partial charge in [0.15, 0.2) is 11.6 Å². The molecular formula is C13H17N5O. The molecule has 2 N–H and O–H groups in total. The van der Waals surface area contributed by atoms with Gasteiger partial charge in [0.2, 0.25) is 5.75 Å². The van der Waals surface area contributed by atoms with Crippen LogP contribution in [0.2, 0.25) is 0 Å². The maximum atomic E-state index is 5.76. The molecule has 0 aliphatic carbocycles. The molecular weight excluding hydrogens is 242 g/mol. The molecule has 2 heterocycles. The first-order chi connectivity index (χ1) is 9.22. The number of hydrogen-bond acceptors (Lipinski definition) is 6. The van der Waals surface area contributed by atoms with Crippen molar-refractivity contribution in [1.82, 2.24) is 15.0 Å². The monoisotopic (exact) mass is 259 g/mol. The van der Waals surface area contributed by atoms with Crippen molar-refractivity contribution < 1.29 is 4.74 Å². The third kappa shape index (κ3) is 3.09. The molecule has 0 fully saturated rings. The SMILES string of the molecule is COc1c(N)ncnc1N(C)CCc1ccccn1.